The van der Waals surface area contributed by atoms with Gasteiger partial charge in [-0.05, 0) is 60.3 Å². The molecule has 26 heavy (non-hydrogen) atoms. The lowest BCUT2D eigenvalue weighted by Gasteiger charge is -2.12. The van der Waals surface area contributed by atoms with Crippen molar-refractivity contribution in [3.05, 3.63) is 71.2 Å². The molecule has 0 spiro atoms. The van der Waals surface area contributed by atoms with Crippen LogP contribution in [0.5, 0.6) is 0 Å². The normalized spacial score (nSPS) is 11.6. The molecule has 1 aromatic heterocycles. The van der Waals surface area contributed by atoms with Gasteiger partial charge in [0.05, 0.1) is 16.9 Å². The second kappa shape index (κ2) is 6.06. The first-order valence-corrected chi connectivity index (χ1v) is 7.97. The Labute approximate surface area is 149 Å². The fourth-order valence-electron chi connectivity index (χ4n) is 3.04. The van der Waals surface area contributed by atoms with Crippen LogP contribution >= 0.6 is 0 Å². The summed E-state index contributed by atoms with van der Waals surface area (Å²) in [6.45, 7) is 1.70. The summed E-state index contributed by atoms with van der Waals surface area (Å²) in [6, 6.07) is 11.9. The minimum atomic E-state index is -1.05. The molecule has 0 aliphatic carbocycles. The number of aromatic nitrogens is 1. The summed E-state index contributed by atoms with van der Waals surface area (Å²) in [5.41, 5.74) is 4.65. The molecule has 4 nitrogen and oxygen atoms in total. The molecular weight excluding hydrogens is 331 g/mol. The molecule has 2 aromatic carbocycles. The van der Waals surface area contributed by atoms with E-state index in [1.165, 1.54) is 6.07 Å². The summed E-state index contributed by atoms with van der Waals surface area (Å²) in [4.78, 5) is 20.1. The first-order chi connectivity index (χ1) is 12.5. The molecule has 0 saturated carbocycles. The van der Waals surface area contributed by atoms with E-state index in [1.807, 2.05) is 12.1 Å². The summed E-state index contributed by atoms with van der Waals surface area (Å²) in [5.74, 6) is 1.37. The predicted octanol–water partition coefficient (Wildman–Crippen LogP) is 4.89. The molecule has 1 aliphatic rings. The van der Waals surface area contributed by atoms with Crippen molar-refractivity contribution in [2.24, 2.45) is 4.99 Å². The van der Waals surface area contributed by atoms with Gasteiger partial charge in [-0.3, -0.25) is 4.98 Å². The van der Waals surface area contributed by atoms with Crippen LogP contribution < -0.4 is 0 Å². The van der Waals surface area contributed by atoms with Gasteiger partial charge in [0, 0.05) is 29.0 Å². The number of aryl methyl sites for hydroxylation is 1. The first-order valence-electron chi connectivity index (χ1n) is 7.97. The molecule has 0 amide bonds. The van der Waals surface area contributed by atoms with E-state index >= 15 is 0 Å². The van der Waals surface area contributed by atoms with Gasteiger partial charge in [-0.1, -0.05) is 6.07 Å². The van der Waals surface area contributed by atoms with E-state index in [9.17, 15) is 14.3 Å². The maximum atomic E-state index is 13.6. The van der Waals surface area contributed by atoms with Crippen molar-refractivity contribution in [3.8, 4) is 22.4 Å². The minimum Gasteiger partial charge on any atom is -0.478 e. The third-order valence-corrected chi connectivity index (χ3v) is 4.32. The first kappa shape index (κ1) is 15.9. The SMILES string of the molecule is Cc1cc(-c2ncccc2-c2cc3c(c(C(=O)O)c2)N=C=C3)ccc1F. The molecule has 4 rings (SSSR count). The molecule has 0 atom stereocenters. The summed E-state index contributed by atoms with van der Waals surface area (Å²) in [6.07, 6.45) is 3.31. The van der Waals surface area contributed by atoms with Crippen LogP contribution in [0.4, 0.5) is 10.1 Å². The summed E-state index contributed by atoms with van der Waals surface area (Å²) in [7, 11) is 0. The Morgan fingerprint density at radius 3 is 2.77 bits per heavy atom. The van der Waals surface area contributed by atoms with E-state index in [2.05, 4.69) is 15.8 Å². The van der Waals surface area contributed by atoms with Crippen molar-refractivity contribution >= 4 is 23.6 Å². The monoisotopic (exact) mass is 344 g/mol. The van der Waals surface area contributed by atoms with Crippen LogP contribution in [0.3, 0.4) is 0 Å². The van der Waals surface area contributed by atoms with E-state index in [0.29, 0.717) is 28.1 Å². The highest BCUT2D eigenvalue weighted by Crippen LogP contribution is 2.37. The Balaban J connectivity index is 1.93. The fraction of sp³-hybridized carbons (Fsp3) is 0.0476. The number of rotatable bonds is 3. The van der Waals surface area contributed by atoms with Crippen molar-refractivity contribution in [3.63, 3.8) is 0 Å². The number of nitrogens with zero attached hydrogens (tertiary/aromatic N) is 2. The van der Waals surface area contributed by atoms with Crippen LogP contribution in [0.2, 0.25) is 0 Å². The molecule has 3 aromatic rings. The van der Waals surface area contributed by atoms with Crippen molar-refractivity contribution in [1.29, 1.82) is 0 Å². The average molecular weight is 344 g/mol. The standard InChI is InChI=1S/C21H13FN2O2/c1-12-9-13(4-5-18(12)22)19-16(3-2-7-23-19)15-10-14-6-8-24-20(14)17(11-15)21(25)26/h2-7,9-11H,1H3,(H,25,26). The maximum absolute atomic E-state index is 13.6. The minimum absolute atomic E-state index is 0.115. The van der Waals surface area contributed by atoms with Gasteiger partial charge in [0.25, 0.3) is 0 Å². The molecule has 2 heterocycles. The number of carbonyl (C=O) groups is 1. The van der Waals surface area contributed by atoms with Crippen LogP contribution in [-0.4, -0.2) is 21.9 Å². The Bertz CT molecular complexity index is 1130. The number of aliphatic imine (C=N–C) groups is 1. The summed E-state index contributed by atoms with van der Waals surface area (Å²) in [5, 5.41) is 9.51. The van der Waals surface area contributed by atoms with Crippen LogP contribution in [-0.2, 0) is 0 Å². The van der Waals surface area contributed by atoms with Gasteiger partial charge in [-0.15, -0.1) is 0 Å². The highest BCUT2D eigenvalue weighted by atomic mass is 19.1. The number of hydrogen-bond acceptors (Lipinski definition) is 3. The lowest BCUT2D eigenvalue weighted by Crippen LogP contribution is -1.99. The van der Waals surface area contributed by atoms with Gasteiger partial charge in [0.15, 0.2) is 0 Å². The zero-order valence-electron chi connectivity index (χ0n) is 13.8. The number of aromatic carboxylic acids is 1. The number of halogens is 1. The van der Waals surface area contributed by atoms with Gasteiger partial charge < -0.3 is 5.11 Å². The molecule has 0 unspecified atom stereocenters. The lowest BCUT2D eigenvalue weighted by molar-refractivity contribution is 0.0698. The van der Waals surface area contributed by atoms with E-state index in [0.717, 1.165) is 11.1 Å². The number of carboxylic acid groups (broad SMARTS) is 1. The Kier molecular flexibility index (Phi) is 3.72. The molecule has 1 N–H and O–H groups in total. The van der Waals surface area contributed by atoms with E-state index in [-0.39, 0.29) is 11.4 Å². The molecule has 0 saturated heterocycles. The van der Waals surface area contributed by atoms with Crippen LogP contribution in [0.15, 0.2) is 53.7 Å². The third-order valence-electron chi connectivity index (χ3n) is 4.32. The van der Waals surface area contributed by atoms with Crippen LogP contribution in [0.1, 0.15) is 21.5 Å². The molecular formula is C21H13FN2O2. The van der Waals surface area contributed by atoms with Crippen molar-refractivity contribution in [2.45, 2.75) is 6.92 Å². The Morgan fingerprint density at radius 2 is 2.00 bits per heavy atom. The van der Waals surface area contributed by atoms with Crippen molar-refractivity contribution in [1.82, 2.24) is 4.98 Å². The largest absolute Gasteiger partial charge is 0.478 e. The van der Waals surface area contributed by atoms with E-state index in [4.69, 9.17) is 0 Å². The maximum Gasteiger partial charge on any atom is 0.337 e. The lowest BCUT2D eigenvalue weighted by atomic mass is 9.94. The van der Waals surface area contributed by atoms with Gasteiger partial charge >= 0.3 is 5.97 Å². The zero-order valence-corrected chi connectivity index (χ0v) is 13.8. The molecule has 0 fully saturated rings. The second-order valence-electron chi connectivity index (χ2n) is 6.02. The fourth-order valence-corrected chi connectivity index (χ4v) is 3.04. The topological polar surface area (TPSA) is 62.5 Å². The number of benzene rings is 2. The van der Waals surface area contributed by atoms with Gasteiger partial charge in [-0.25, -0.2) is 14.2 Å². The Morgan fingerprint density at radius 1 is 1.15 bits per heavy atom. The zero-order chi connectivity index (χ0) is 18.3. The number of fused-ring (bicyclic) bond motifs is 1. The highest BCUT2D eigenvalue weighted by molar-refractivity contribution is 6.03. The Hall–Kier alpha value is -3.56. The van der Waals surface area contributed by atoms with Gasteiger partial charge in [0.1, 0.15) is 5.82 Å². The van der Waals surface area contributed by atoms with Crippen molar-refractivity contribution in [2.75, 3.05) is 0 Å². The molecule has 5 heteroatoms. The highest BCUT2D eigenvalue weighted by Gasteiger charge is 2.19. The van der Waals surface area contributed by atoms with E-state index < -0.39 is 5.97 Å². The summed E-state index contributed by atoms with van der Waals surface area (Å²) >= 11 is 0. The predicted molar refractivity (Wildman–Crippen MR) is 98.3 cm³/mol. The molecule has 0 radical (unpaired) electrons. The number of carboxylic acids is 1. The van der Waals surface area contributed by atoms with Gasteiger partial charge in [-0.2, -0.15) is 0 Å². The quantitative estimate of drug-likeness (QED) is 0.575. The molecule has 126 valence electrons. The van der Waals surface area contributed by atoms with Crippen LogP contribution in [0, 0.1) is 12.7 Å². The van der Waals surface area contributed by atoms with Crippen LogP contribution in [0.25, 0.3) is 28.5 Å². The molecule has 0 bridgehead atoms. The summed E-state index contributed by atoms with van der Waals surface area (Å²) < 4.78 is 13.6. The number of hydrogen-bond donors (Lipinski definition) is 1. The smallest absolute Gasteiger partial charge is 0.337 e. The molecule has 1 aliphatic heterocycles. The van der Waals surface area contributed by atoms with Gasteiger partial charge in [0.2, 0.25) is 0 Å². The van der Waals surface area contributed by atoms with Crippen molar-refractivity contribution < 1.29 is 14.3 Å². The number of pyridine rings is 1. The average Bonchev–Trinajstić information content (AvgIpc) is 3.11. The van der Waals surface area contributed by atoms with E-state index in [1.54, 1.807) is 43.5 Å². The third kappa shape index (κ3) is 2.61. The second-order valence-corrected chi connectivity index (χ2v) is 6.02.